The number of hydrogen-bond donors (Lipinski definition) is 1. The van der Waals surface area contributed by atoms with Crippen molar-refractivity contribution in [2.24, 2.45) is 11.8 Å². The van der Waals surface area contributed by atoms with E-state index in [2.05, 4.69) is 13.8 Å². The van der Waals surface area contributed by atoms with E-state index in [4.69, 9.17) is 9.78 Å². The van der Waals surface area contributed by atoms with E-state index in [1.54, 1.807) is 0 Å². The molecule has 1 unspecified atom stereocenters. The second-order valence-electron chi connectivity index (χ2n) is 4.42. The van der Waals surface area contributed by atoms with Crippen LogP contribution in [0.15, 0.2) is 0 Å². The molecule has 1 atom stereocenters. The molecule has 1 N–H and O–H groups in total. The van der Waals surface area contributed by atoms with Crippen LogP contribution in [-0.2, 0) is 9.78 Å². The smallest absolute Gasteiger partial charge is 0.191 e. The Balaban J connectivity index is 3.41. The van der Waals surface area contributed by atoms with E-state index >= 15 is 0 Å². The van der Waals surface area contributed by atoms with Gasteiger partial charge in [0.1, 0.15) is 0 Å². The summed E-state index contributed by atoms with van der Waals surface area (Å²) in [7, 11) is 0. The van der Waals surface area contributed by atoms with Gasteiger partial charge in [0, 0.05) is 5.92 Å². The van der Waals surface area contributed by atoms with E-state index in [1.165, 1.54) is 0 Å². The summed E-state index contributed by atoms with van der Waals surface area (Å²) < 4.78 is 0. The number of hydrogen-bond acceptors (Lipinski definition) is 3. The molecule has 0 saturated heterocycles. The van der Waals surface area contributed by atoms with Gasteiger partial charge in [-0.1, -0.05) is 27.7 Å². The van der Waals surface area contributed by atoms with E-state index in [-0.39, 0.29) is 5.92 Å². The molecule has 3 nitrogen and oxygen atoms in total. The van der Waals surface area contributed by atoms with Crippen molar-refractivity contribution in [3.05, 3.63) is 0 Å². The molecule has 0 aromatic carbocycles. The lowest BCUT2D eigenvalue weighted by Gasteiger charge is -2.18. The van der Waals surface area contributed by atoms with Gasteiger partial charge < -0.3 is 5.11 Å². The molecule has 0 aromatic rings. The fourth-order valence-electron chi connectivity index (χ4n) is 1.44. The molecule has 3 heteroatoms. The van der Waals surface area contributed by atoms with Crippen LogP contribution in [0.1, 0.15) is 53.4 Å². The molecular formula is C12H26O3. The monoisotopic (exact) mass is 218 g/mol. The van der Waals surface area contributed by atoms with Gasteiger partial charge in [-0.25, -0.2) is 9.78 Å². The fourth-order valence-corrected chi connectivity index (χ4v) is 1.44. The summed E-state index contributed by atoms with van der Waals surface area (Å²) in [4.78, 5) is 9.90. The predicted molar refractivity (Wildman–Crippen MR) is 61.2 cm³/mol. The lowest BCUT2D eigenvalue weighted by Crippen LogP contribution is -2.23. The number of rotatable bonds is 9. The molecule has 92 valence electrons. The lowest BCUT2D eigenvalue weighted by atomic mass is 10.0. The maximum absolute atomic E-state index is 9.57. The molecule has 0 aliphatic carbocycles. The van der Waals surface area contributed by atoms with Gasteiger partial charge in [-0.15, -0.1) is 0 Å². The Labute approximate surface area is 93.7 Å². The second-order valence-corrected chi connectivity index (χ2v) is 4.42. The zero-order chi connectivity index (χ0) is 11.7. The van der Waals surface area contributed by atoms with Crippen molar-refractivity contribution < 1.29 is 14.9 Å². The molecule has 0 aliphatic heterocycles. The van der Waals surface area contributed by atoms with E-state index in [9.17, 15) is 5.11 Å². The quantitative estimate of drug-likeness (QED) is 0.280. The van der Waals surface area contributed by atoms with Gasteiger partial charge >= 0.3 is 0 Å². The molecule has 0 spiro atoms. The normalized spacial score (nSPS) is 13.8. The zero-order valence-electron chi connectivity index (χ0n) is 10.5. The van der Waals surface area contributed by atoms with Crippen molar-refractivity contribution in [1.29, 1.82) is 0 Å². The largest absolute Gasteiger partial charge is 0.365 e. The van der Waals surface area contributed by atoms with Crippen LogP contribution >= 0.6 is 0 Å². The topological polar surface area (TPSA) is 38.7 Å². The minimum Gasteiger partial charge on any atom is -0.365 e. The Morgan fingerprint density at radius 3 is 2.20 bits per heavy atom. The van der Waals surface area contributed by atoms with Crippen LogP contribution in [0.2, 0.25) is 0 Å². The highest BCUT2D eigenvalue weighted by atomic mass is 17.2. The highest BCUT2D eigenvalue weighted by molar-refractivity contribution is 4.55. The summed E-state index contributed by atoms with van der Waals surface area (Å²) in [5, 5.41) is 9.57. The van der Waals surface area contributed by atoms with Crippen LogP contribution in [-0.4, -0.2) is 18.0 Å². The van der Waals surface area contributed by atoms with Gasteiger partial charge in [0.2, 0.25) is 0 Å². The second kappa shape index (κ2) is 9.13. The molecular weight excluding hydrogens is 192 g/mol. The third-order valence-electron chi connectivity index (χ3n) is 2.63. The summed E-state index contributed by atoms with van der Waals surface area (Å²) in [5.41, 5.74) is 0. The van der Waals surface area contributed by atoms with Crippen LogP contribution in [0.25, 0.3) is 0 Å². The van der Waals surface area contributed by atoms with E-state index in [0.29, 0.717) is 12.5 Å². The fraction of sp³-hybridized carbons (Fsp3) is 1.00. The third-order valence-corrected chi connectivity index (χ3v) is 2.63. The summed E-state index contributed by atoms with van der Waals surface area (Å²) in [5.74, 6) is 0.868. The van der Waals surface area contributed by atoms with Gasteiger partial charge in [-0.2, -0.15) is 0 Å². The molecule has 0 rings (SSSR count). The minimum atomic E-state index is -0.779. The first-order valence-corrected chi connectivity index (χ1v) is 6.08. The molecule has 0 saturated carbocycles. The Morgan fingerprint density at radius 1 is 1.13 bits per heavy atom. The molecule has 0 heterocycles. The molecule has 0 fully saturated rings. The average molecular weight is 218 g/mol. The highest BCUT2D eigenvalue weighted by Gasteiger charge is 2.16. The van der Waals surface area contributed by atoms with Crippen molar-refractivity contribution >= 4 is 0 Å². The standard InChI is InChI=1S/C12H26O3/c1-5-11(6-2)12(13)15-14-9-7-8-10(3)4/h10-13H,5-9H2,1-4H3. The summed E-state index contributed by atoms with van der Waals surface area (Å²) in [6, 6.07) is 0. The Morgan fingerprint density at radius 2 is 1.73 bits per heavy atom. The molecule has 15 heavy (non-hydrogen) atoms. The minimum absolute atomic E-state index is 0.176. The molecule has 0 radical (unpaired) electrons. The van der Waals surface area contributed by atoms with Crippen molar-refractivity contribution in [2.75, 3.05) is 6.61 Å². The van der Waals surface area contributed by atoms with Crippen LogP contribution < -0.4 is 0 Å². The Bertz CT molecular complexity index is 133. The predicted octanol–water partition coefficient (Wildman–Crippen LogP) is 3.13. The van der Waals surface area contributed by atoms with Gasteiger partial charge in [0.05, 0.1) is 6.61 Å². The number of aliphatic hydroxyl groups is 1. The molecule has 0 aromatic heterocycles. The summed E-state index contributed by atoms with van der Waals surface area (Å²) in [6.45, 7) is 9.01. The first kappa shape index (κ1) is 14.9. The van der Waals surface area contributed by atoms with E-state index in [0.717, 1.165) is 25.7 Å². The lowest BCUT2D eigenvalue weighted by molar-refractivity contribution is -0.381. The van der Waals surface area contributed by atoms with Gasteiger partial charge in [0.25, 0.3) is 0 Å². The van der Waals surface area contributed by atoms with Crippen LogP contribution in [0.3, 0.4) is 0 Å². The van der Waals surface area contributed by atoms with Crippen LogP contribution in [0.5, 0.6) is 0 Å². The van der Waals surface area contributed by atoms with Gasteiger partial charge in [0.15, 0.2) is 6.29 Å². The van der Waals surface area contributed by atoms with Gasteiger partial charge in [-0.3, -0.25) is 0 Å². The number of aliphatic hydroxyl groups excluding tert-OH is 1. The Hall–Kier alpha value is -0.120. The van der Waals surface area contributed by atoms with E-state index in [1.807, 2.05) is 13.8 Å². The SMILES string of the molecule is CCC(CC)C(O)OOCCCC(C)C. The molecule has 0 aliphatic rings. The highest BCUT2D eigenvalue weighted by Crippen LogP contribution is 2.14. The third kappa shape index (κ3) is 7.77. The maximum Gasteiger partial charge on any atom is 0.191 e. The van der Waals surface area contributed by atoms with Gasteiger partial charge in [-0.05, 0) is 31.6 Å². The van der Waals surface area contributed by atoms with Crippen LogP contribution in [0.4, 0.5) is 0 Å². The summed E-state index contributed by atoms with van der Waals surface area (Å²) >= 11 is 0. The zero-order valence-corrected chi connectivity index (χ0v) is 10.5. The summed E-state index contributed by atoms with van der Waals surface area (Å²) in [6.07, 6.45) is 3.15. The first-order chi connectivity index (χ1) is 7.11. The molecule has 0 bridgehead atoms. The average Bonchev–Trinajstić information content (AvgIpc) is 2.18. The first-order valence-electron chi connectivity index (χ1n) is 6.08. The Kier molecular flexibility index (Phi) is 9.06. The van der Waals surface area contributed by atoms with Crippen molar-refractivity contribution in [3.8, 4) is 0 Å². The maximum atomic E-state index is 9.57. The van der Waals surface area contributed by atoms with E-state index < -0.39 is 6.29 Å². The molecule has 0 amide bonds. The van der Waals surface area contributed by atoms with Crippen molar-refractivity contribution in [3.63, 3.8) is 0 Å². The van der Waals surface area contributed by atoms with Crippen molar-refractivity contribution in [2.45, 2.75) is 59.7 Å². The van der Waals surface area contributed by atoms with Crippen LogP contribution in [0, 0.1) is 11.8 Å². The van der Waals surface area contributed by atoms with Crippen molar-refractivity contribution in [1.82, 2.24) is 0 Å².